The molecule has 0 saturated carbocycles. The third-order valence-electron chi connectivity index (χ3n) is 1.91. The Bertz CT molecular complexity index is 478. The molecule has 1 aromatic carbocycles. The topological polar surface area (TPSA) is 63.6 Å². The average molecular weight is 320 g/mol. The maximum atomic E-state index is 10.7. The van der Waals surface area contributed by atoms with Crippen LogP contribution >= 0.6 is 13.5 Å². The number of ether oxygens (including phenoxy) is 1. The van der Waals surface area contributed by atoms with Crippen LogP contribution < -0.4 is 4.74 Å². The van der Waals surface area contributed by atoms with Crippen LogP contribution in [-0.4, -0.2) is 25.6 Å². The van der Waals surface area contributed by atoms with Gasteiger partial charge in [0.25, 0.3) is 0 Å². The minimum absolute atomic E-state index is 0. The number of halogens is 3. The Morgan fingerprint density at radius 2 is 1.47 bits per heavy atom. The highest BCUT2D eigenvalue weighted by Gasteiger charge is 2.44. The van der Waals surface area contributed by atoms with Crippen molar-refractivity contribution in [2.75, 3.05) is 7.11 Å². The molecule has 0 fully saturated rings. The van der Waals surface area contributed by atoms with Gasteiger partial charge in [0.05, 0.1) is 7.11 Å². The Hall–Kier alpha value is -0.930. The number of rotatable bonds is 1. The zero-order chi connectivity index (χ0) is 14.6. The lowest BCUT2D eigenvalue weighted by Crippen LogP contribution is -2.21. The van der Waals surface area contributed by atoms with Crippen molar-refractivity contribution >= 4 is 23.6 Å². The highest BCUT2D eigenvalue weighted by atomic mass is 32.2. The van der Waals surface area contributed by atoms with Gasteiger partial charge < -0.3 is 4.74 Å². The molecule has 1 N–H and O–H groups in total. The summed E-state index contributed by atoms with van der Waals surface area (Å²) >= 11 is 0. The molecule has 4 nitrogen and oxygen atoms in total. The summed E-state index contributed by atoms with van der Waals surface area (Å²) in [4.78, 5) is 0. The SMILES string of the molecule is COc1c(C)cccc1C.O=S(=O)(O)C(F)(F)F.S. The second-order valence-electron chi connectivity index (χ2n) is 3.35. The molecule has 1 aromatic rings. The summed E-state index contributed by atoms with van der Waals surface area (Å²) in [5.41, 5.74) is -3.14. The third-order valence-corrected chi connectivity index (χ3v) is 2.49. The highest BCUT2D eigenvalue weighted by molar-refractivity contribution is 7.86. The molecule has 0 bridgehead atoms. The molecule has 0 aromatic heterocycles. The summed E-state index contributed by atoms with van der Waals surface area (Å²) in [6, 6.07) is 6.13. The molecule has 9 heteroatoms. The van der Waals surface area contributed by atoms with E-state index in [0.717, 1.165) is 5.75 Å². The molecular weight excluding hydrogens is 305 g/mol. The number of aryl methyl sites for hydroxylation is 2. The third kappa shape index (κ3) is 6.69. The minimum Gasteiger partial charge on any atom is -0.496 e. The largest absolute Gasteiger partial charge is 0.522 e. The van der Waals surface area contributed by atoms with Gasteiger partial charge in [0, 0.05) is 0 Å². The lowest BCUT2D eigenvalue weighted by atomic mass is 10.1. The molecule has 0 spiro atoms. The standard InChI is InChI=1S/C9H12O.CHF3O3S.H2S/c1-7-5-4-6-8(2)9(7)10-3;2-1(3,4)8(5,6)7;/h4-6H,1-3H3;(H,5,6,7);1H2. The van der Waals surface area contributed by atoms with Gasteiger partial charge in [-0.3, -0.25) is 4.55 Å². The molecule has 0 aliphatic heterocycles. The summed E-state index contributed by atoms with van der Waals surface area (Å²) in [6.45, 7) is 4.09. The van der Waals surface area contributed by atoms with Crippen LogP contribution in [0.1, 0.15) is 11.1 Å². The van der Waals surface area contributed by atoms with Crippen molar-refractivity contribution in [1.29, 1.82) is 0 Å². The Kier molecular flexibility index (Phi) is 8.16. The van der Waals surface area contributed by atoms with E-state index in [1.54, 1.807) is 7.11 Å². The normalized spacial score (nSPS) is 10.9. The molecule has 112 valence electrons. The monoisotopic (exact) mass is 320 g/mol. The first kappa shape index (κ1) is 20.4. The number of hydrogen-bond donors (Lipinski definition) is 1. The number of para-hydroxylation sites is 1. The van der Waals surface area contributed by atoms with Gasteiger partial charge in [-0.2, -0.15) is 35.1 Å². The van der Waals surface area contributed by atoms with Crippen molar-refractivity contribution in [3.63, 3.8) is 0 Å². The van der Waals surface area contributed by atoms with E-state index in [0.29, 0.717) is 0 Å². The van der Waals surface area contributed by atoms with Gasteiger partial charge in [0.1, 0.15) is 5.75 Å². The molecule has 0 aliphatic rings. The van der Waals surface area contributed by atoms with Gasteiger partial charge in [-0.05, 0) is 25.0 Å². The quantitative estimate of drug-likeness (QED) is 0.638. The van der Waals surface area contributed by atoms with E-state index < -0.39 is 15.6 Å². The molecule has 19 heavy (non-hydrogen) atoms. The zero-order valence-corrected chi connectivity index (χ0v) is 12.3. The lowest BCUT2D eigenvalue weighted by molar-refractivity contribution is -0.0510. The fraction of sp³-hybridized carbons (Fsp3) is 0.400. The Morgan fingerprint density at radius 1 is 1.16 bits per heavy atom. The first-order chi connectivity index (χ1) is 8.00. The van der Waals surface area contributed by atoms with E-state index in [2.05, 4.69) is 0 Å². The summed E-state index contributed by atoms with van der Waals surface area (Å²) in [5, 5.41) is 0. The van der Waals surface area contributed by atoms with Gasteiger partial charge in [-0.15, -0.1) is 0 Å². The molecular formula is C10H15F3O4S2. The van der Waals surface area contributed by atoms with E-state index in [1.165, 1.54) is 11.1 Å². The molecule has 0 aliphatic carbocycles. The van der Waals surface area contributed by atoms with Gasteiger partial charge in [0.15, 0.2) is 0 Å². The van der Waals surface area contributed by atoms with Gasteiger partial charge in [-0.1, -0.05) is 18.2 Å². The number of alkyl halides is 3. The van der Waals surface area contributed by atoms with Crippen molar-refractivity contribution in [2.24, 2.45) is 0 Å². The average Bonchev–Trinajstić information content (AvgIpc) is 2.15. The van der Waals surface area contributed by atoms with Crippen LogP contribution in [0.25, 0.3) is 0 Å². The van der Waals surface area contributed by atoms with Crippen molar-refractivity contribution in [1.82, 2.24) is 0 Å². The predicted molar refractivity (Wildman–Crippen MR) is 70.5 cm³/mol. The zero-order valence-electron chi connectivity index (χ0n) is 10.4. The van der Waals surface area contributed by atoms with Crippen molar-refractivity contribution in [3.8, 4) is 5.75 Å². The molecule has 0 radical (unpaired) electrons. The molecule has 0 saturated heterocycles. The maximum Gasteiger partial charge on any atom is 0.522 e. The van der Waals surface area contributed by atoms with Crippen LogP contribution in [0.2, 0.25) is 0 Å². The van der Waals surface area contributed by atoms with Crippen LogP contribution in [0, 0.1) is 13.8 Å². The molecule has 0 unspecified atom stereocenters. The van der Waals surface area contributed by atoms with Crippen molar-refractivity contribution < 1.29 is 30.9 Å². The fourth-order valence-electron chi connectivity index (χ4n) is 1.12. The van der Waals surface area contributed by atoms with E-state index in [-0.39, 0.29) is 13.5 Å². The Morgan fingerprint density at radius 3 is 1.63 bits per heavy atom. The highest BCUT2D eigenvalue weighted by Crippen LogP contribution is 2.21. The van der Waals surface area contributed by atoms with Crippen LogP contribution in [-0.2, 0) is 10.1 Å². The smallest absolute Gasteiger partial charge is 0.496 e. The van der Waals surface area contributed by atoms with Crippen LogP contribution in [0.15, 0.2) is 18.2 Å². The molecule has 0 heterocycles. The summed E-state index contributed by atoms with van der Waals surface area (Å²) in [7, 11) is -4.14. The van der Waals surface area contributed by atoms with Crippen LogP contribution in [0.5, 0.6) is 5.75 Å². The second-order valence-corrected chi connectivity index (χ2v) is 4.76. The van der Waals surface area contributed by atoms with Gasteiger partial charge in [-0.25, -0.2) is 0 Å². The lowest BCUT2D eigenvalue weighted by Gasteiger charge is -2.06. The first-order valence-corrected chi connectivity index (χ1v) is 6.08. The van der Waals surface area contributed by atoms with E-state index in [1.807, 2.05) is 32.0 Å². The summed E-state index contributed by atoms with van der Waals surface area (Å²) in [6.07, 6.45) is 0. The Labute approximate surface area is 116 Å². The van der Waals surface area contributed by atoms with E-state index >= 15 is 0 Å². The van der Waals surface area contributed by atoms with E-state index in [9.17, 15) is 13.2 Å². The first-order valence-electron chi connectivity index (χ1n) is 4.64. The molecule has 0 amide bonds. The van der Waals surface area contributed by atoms with Gasteiger partial charge >= 0.3 is 15.6 Å². The Balaban J connectivity index is 0. The second kappa shape index (κ2) is 7.61. The maximum absolute atomic E-state index is 10.7. The summed E-state index contributed by atoms with van der Waals surface area (Å²) in [5.74, 6) is 1.00. The fourth-order valence-corrected chi connectivity index (χ4v) is 1.12. The van der Waals surface area contributed by atoms with Crippen molar-refractivity contribution in [2.45, 2.75) is 19.4 Å². The molecule has 1 rings (SSSR count). The van der Waals surface area contributed by atoms with Crippen LogP contribution in [0.3, 0.4) is 0 Å². The van der Waals surface area contributed by atoms with Crippen LogP contribution in [0.4, 0.5) is 13.2 Å². The summed E-state index contributed by atoms with van der Waals surface area (Å²) < 4.78 is 62.7. The number of methoxy groups -OCH3 is 1. The molecule has 0 atom stereocenters. The van der Waals surface area contributed by atoms with Gasteiger partial charge in [0.2, 0.25) is 0 Å². The number of benzene rings is 1. The number of hydrogen-bond acceptors (Lipinski definition) is 3. The van der Waals surface area contributed by atoms with Crippen molar-refractivity contribution in [3.05, 3.63) is 29.3 Å². The van der Waals surface area contributed by atoms with E-state index in [4.69, 9.17) is 17.7 Å². The predicted octanol–water partition coefficient (Wildman–Crippen LogP) is 2.82. The minimum atomic E-state index is -5.84.